The van der Waals surface area contributed by atoms with Crippen LogP contribution in [-0.4, -0.2) is 15.9 Å². The number of nitrogens with two attached hydrogens (primary N) is 1. The van der Waals surface area contributed by atoms with Gasteiger partial charge < -0.3 is 5.73 Å². The van der Waals surface area contributed by atoms with Gasteiger partial charge in [-0.1, -0.05) is 19.1 Å². The van der Waals surface area contributed by atoms with Gasteiger partial charge in [0.2, 0.25) is 5.91 Å². The molecule has 0 unspecified atom stereocenters. The molecule has 2 N–H and O–H groups in total. The number of carbonyl (C=O) groups is 1. The number of nitrogens with zero attached hydrogens (tertiary/aromatic N) is 2. The Balaban J connectivity index is 2.65. The minimum Gasteiger partial charge on any atom is -0.369 e. The van der Waals surface area contributed by atoms with Gasteiger partial charge in [0.05, 0.1) is 11.4 Å². The fourth-order valence-corrected chi connectivity index (χ4v) is 2.15. The minimum absolute atomic E-state index is 0.428. The fraction of sp³-hybridized carbons (Fsp3) is 0.214. The third-order valence-electron chi connectivity index (χ3n) is 3.16. The molecule has 18 heavy (non-hydrogen) atoms. The van der Waals surface area contributed by atoms with Gasteiger partial charge in [0.25, 0.3) is 0 Å². The van der Waals surface area contributed by atoms with Crippen molar-refractivity contribution in [3.63, 3.8) is 0 Å². The molecule has 4 heteroatoms. The first kappa shape index (κ1) is 12.2. The summed E-state index contributed by atoms with van der Waals surface area (Å²) in [5, 5.41) is 0. The zero-order valence-electron chi connectivity index (χ0n) is 10.2. The average molecular weight is 241 g/mol. The van der Waals surface area contributed by atoms with Gasteiger partial charge in [0, 0.05) is 12.4 Å². The molecule has 4 nitrogen and oxygen atoms in total. The molecule has 0 aliphatic heterocycles. The van der Waals surface area contributed by atoms with Gasteiger partial charge >= 0.3 is 0 Å². The van der Waals surface area contributed by atoms with E-state index in [1.165, 1.54) is 0 Å². The molecule has 0 atom stereocenters. The highest BCUT2D eigenvalue weighted by atomic mass is 16.1. The number of rotatable bonds is 4. The van der Waals surface area contributed by atoms with Crippen LogP contribution >= 0.6 is 0 Å². The van der Waals surface area contributed by atoms with Gasteiger partial charge in [-0.2, -0.15) is 0 Å². The lowest BCUT2D eigenvalue weighted by atomic mass is 9.77. The van der Waals surface area contributed by atoms with E-state index in [0.29, 0.717) is 17.8 Å². The van der Waals surface area contributed by atoms with Crippen molar-refractivity contribution in [1.29, 1.82) is 0 Å². The maximum atomic E-state index is 12.0. The highest BCUT2D eigenvalue weighted by Gasteiger charge is 2.41. The molecule has 1 amide bonds. The third kappa shape index (κ3) is 1.86. The summed E-state index contributed by atoms with van der Waals surface area (Å²) in [6, 6.07) is 10.9. The second-order valence-corrected chi connectivity index (χ2v) is 4.05. The Kier molecular flexibility index (Phi) is 3.37. The summed E-state index contributed by atoms with van der Waals surface area (Å²) in [5.74, 6) is -0.428. The molecule has 0 radical (unpaired) electrons. The molecule has 0 aliphatic rings. The summed E-state index contributed by atoms with van der Waals surface area (Å²) in [4.78, 5) is 20.6. The quantitative estimate of drug-likeness (QED) is 0.885. The normalized spacial score (nSPS) is 11.2. The van der Waals surface area contributed by atoms with Crippen molar-refractivity contribution < 1.29 is 4.79 Å². The van der Waals surface area contributed by atoms with Crippen molar-refractivity contribution in [2.24, 2.45) is 5.73 Å². The molecule has 92 valence electrons. The van der Waals surface area contributed by atoms with Crippen LogP contribution in [0.15, 0.2) is 48.8 Å². The van der Waals surface area contributed by atoms with E-state index >= 15 is 0 Å². The Bertz CT molecular complexity index is 486. The molecule has 0 bridgehead atoms. The van der Waals surface area contributed by atoms with Crippen molar-refractivity contribution in [2.45, 2.75) is 18.8 Å². The zero-order chi connectivity index (χ0) is 13.0. The van der Waals surface area contributed by atoms with Crippen LogP contribution < -0.4 is 5.73 Å². The van der Waals surface area contributed by atoms with Crippen molar-refractivity contribution in [2.75, 3.05) is 0 Å². The first-order valence-electron chi connectivity index (χ1n) is 5.84. The van der Waals surface area contributed by atoms with E-state index < -0.39 is 11.3 Å². The van der Waals surface area contributed by atoms with Gasteiger partial charge in [-0.05, 0) is 30.7 Å². The first-order valence-corrected chi connectivity index (χ1v) is 5.84. The van der Waals surface area contributed by atoms with Crippen molar-refractivity contribution in [3.05, 3.63) is 60.2 Å². The van der Waals surface area contributed by atoms with E-state index in [9.17, 15) is 4.79 Å². The molecular formula is C14H15N3O. The number of primary amides is 1. The topological polar surface area (TPSA) is 68.9 Å². The molecule has 2 aromatic rings. The molecule has 2 aromatic heterocycles. The molecular weight excluding hydrogens is 226 g/mol. The fourth-order valence-electron chi connectivity index (χ4n) is 2.15. The predicted octanol–water partition coefficient (Wildman–Crippen LogP) is 1.66. The third-order valence-corrected chi connectivity index (χ3v) is 3.16. The van der Waals surface area contributed by atoms with Crippen molar-refractivity contribution >= 4 is 5.91 Å². The Morgan fingerprint density at radius 2 is 1.61 bits per heavy atom. The standard InChI is InChI=1S/C14H15N3O/c1-2-14(13(15)18,11-7-3-5-9-16-11)12-8-4-6-10-17-12/h3-10H,2H2,1H3,(H2,15,18). The van der Waals surface area contributed by atoms with Crippen LogP contribution in [0.1, 0.15) is 24.7 Å². The molecule has 0 aliphatic carbocycles. The molecule has 0 fully saturated rings. The van der Waals surface area contributed by atoms with Gasteiger partial charge in [-0.15, -0.1) is 0 Å². The van der Waals surface area contributed by atoms with Gasteiger partial charge in [0.1, 0.15) is 5.41 Å². The van der Waals surface area contributed by atoms with Gasteiger partial charge in [0.15, 0.2) is 0 Å². The van der Waals surface area contributed by atoms with E-state index in [1.54, 1.807) is 12.4 Å². The lowest BCUT2D eigenvalue weighted by Crippen LogP contribution is -2.43. The Labute approximate surface area is 106 Å². The first-order chi connectivity index (χ1) is 8.71. The molecule has 0 spiro atoms. The maximum Gasteiger partial charge on any atom is 0.235 e. The minimum atomic E-state index is -0.956. The SMILES string of the molecule is CCC(C(N)=O)(c1ccccn1)c1ccccn1. The number of amides is 1. The average Bonchev–Trinajstić information content (AvgIpc) is 2.42. The second-order valence-electron chi connectivity index (χ2n) is 4.05. The van der Waals surface area contributed by atoms with Crippen molar-refractivity contribution in [1.82, 2.24) is 9.97 Å². The summed E-state index contributed by atoms with van der Waals surface area (Å²) in [6.07, 6.45) is 3.84. The van der Waals surface area contributed by atoms with E-state index in [2.05, 4.69) is 9.97 Å². The smallest absolute Gasteiger partial charge is 0.235 e. The van der Waals surface area contributed by atoms with Crippen LogP contribution in [0.3, 0.4) is 0 Å². The lowest BCUT2D eigenvalue weighted by Gasteiger charge is -2.28. The molecule has 2 rings (SSSR count). The van der Waals surface area contributed by atoms with Crippen LogP contribution in [-0.2, 0) is 10.2 Å². The molecule has 0 aromatic carbocycles. The second kappa shape index (κ2) is 4.96. The maximum absolute atomic E-state index is 12.0. The number of pyridine rings is 2. The molecule has 0 saturated heterocycles. The van der Waals surface area contributed by atoms with Crippen LogP contribution in [0.2, 0.25) is 0 Å². The van der Waals surface area contributed by atoms with E-state index in [1.807, 2.05) is 43.3 Å². The van der Waals surface area contributed by atoms with E-state index in [4.69, 9.17) is 5.73 Å². The monoisotopic (exact) mass is 241 g/mol. The summed E-state index contributed by atoms with van der Waals surface area (Å²) >= 11 is 0. The Morgan fingerprint density at radius 1 is 1.11 bits per heavy atom. The van der Waals surface area contributed by atoms with Crippen LogP contribution in [0.25, 0.3) is 0 Å². The summed E-state index contributed by atoms with van der Waals surface area (Å²) in [7, 11) is 0. The summed E-state index contributed by atoms with van der Waals surface area (Å²) in [6.45, 7) is 1.91. The van der Waals surface area contributed by atoms with Crippen LogP contribution in [0.4, 0.5) is 0 Å². The van der Waals surface area contributed by atoms with E-state index in [-0.39, 0.29) is 0 Å². The highest BCUT2D eigenvalue weighted by molar-refractivity contribution is 5.89. The summed E-state index contributed by atoms with van der Waals surface area (Å²) < 4.78 is 0. The van der Waals surface area contributed by atoms with Gasteiger partial charge in [-0.25, -0.2) is 0 Å². The highest BCUT2D eigenvalue weighted by Crippen LogP contribution is 2.32. The molecule has 2 heterocycles. The largest absolute Gasteiger partial charge is 0.369 e. The zero-order valence-corrected chi connectivity index (χ0v) is 10.2. The van der Waals surface area contributed by atoms with Gasteiger partial charge in [-0.3, -0.25) is 14.8 Å². The Morgan fingerprint density at radius 3 is 1.89 bits per heavy atom. The number of aromatic nitrogens is 2. The number of hydrogen-bond acceptors (Lipinski definition) is 3. The Hall–Kier alpha value is -2.23. The van der Waals surface area contributed by atoms with E-state index in [0.717, 1.165) is 0 Å². The van der Waals surface area contributed by atoms with Crippen LogP contribution in [0.5, 0.6) is 0 Å². The summed E-state index contributed by atoms with van der Waals surface area (Å²) in [5.41, 5.74) is 5.95. The predicted molar refractivity (Wildman–Crippen MR) is 68.7 cm³/mol. The number of carbonyl (C=O) groups excluding carboxylic acids is 1. The molecule has 0 saturated carbocycles. The van der Waals surface area contributed by atoms with Crippen molar-refractivity contribution in [3.8, 4) is 0 Å². The lowest BCUT2D eigenvalue weighted by molar-refractivity contribution is -0.122. The van der Waals surface area contributed by atoms with Crippen LogP contribution in [0, 0.1) is 0 Å². The number of hydrogen-bond donors (Lipinski definition) is 1.